The third kappa shape index (κ3) is 5.55. The van der Waals surface area contributed by atoms with Crippen molar-refractivity contribution in [2.24, 2.45) is 5.92 Å². The summed E-state index contributed by atoms with van der Waals surface area (Å²) in [6, 6.07) is 16.0. The number of carbonyl (C=O) groups is 2. The van der Waals surface area contributed by atoms with E-state index in [2.05, 4.69) is 10.9 Å². The molecule has 3 aromatic carbocycles. The first-order valence-electron chi connectivity index (χ1n) is 10.3. The smallest absolute Gasteiger partial charge is 0.243 e. The number of nitrogens with one attached hydrogen (secondary N) is 2. The summed E-state index contributed by atoms with van der Waals surface area (Å²) in [5, 5.41) is 1.21. The second kappa shape index (κ2) is 10.5. The van der Waals surface area contributed by atoms with Crippen molar-refractivity contribution >= 4 is 58.0 Å². The molecule has 1 atom stereocenters. The highest BCUT2D eigenvalue weighted by Gasteiger charge is 2.35. The van der Waals surface area contributed by atoms with Gasteiger partial charge in [0.15, 0.2) is 0 Å². The van der Waals surface area contributed by atoms with Gasteiger partial charge in [-0.2, -0.15) is 0 Å². The average molecular weight is 523 g/mol. The second-order valence-electron chi connectivity index (χ2n) is 7.63. The van der Waals surface area contributed by atoms with Gasteiger partial charge in [0.2, 0.25) is 11.8 Å². The quantitative estimate of drug-likeness (QED) is 0.381. The van der Waals surface area contributed by atoms with Crippen LogP contribution in [-0.4, -0.2) is 18.4 Å². The summed E-state index contributed by atoms with van der Waals surface area (Å²) in [5.41, 5.74) is 6.65. The number of ether oxygens (including phenoxy) is 1. The minimum Gasteiger partial charge on any atom is -0.487 e. The number of hydrogen-bond donors (Lipinski definition) is 2. The van der Waals surface area contributed by atoms with E-state index < -0.39 is 11.7 Å². The van der Waals surface area contributed by atoms with Crippen molar-refractivity contribution < 1.29 is 18.7 Å². The number of nitrogens with zero attached hydrogens (tertiary/aromatic N) is 1. The van der Waals surface area contributed by atoms with E-state index in [1.807, 2.05) is 0 Å². The first-order chi connectivity index (χ1) is 16.3. The topological polar surface area (TPSA) is 70.7 Å². The molecule has 0 unspecified atom stereocenters. The standard InChI is InChI=1S/C24H19Cl3FN3O3/c25-15-4-7-17(8-5-15)31-12-14(10-23(31)32)24(33)30-29-21-11-16(26)6-9-22(21)34-13-18-19(27)2-1-3-20(18)28/h1-9,11,14,29H,10,12-13H2,(H,30,33)/t14-/m1/s1. The summed E-state index contributed by atoms with van der Waals surface area (Å²) in [7, 11) is 0. The predicted molar refractivity (Wildman–Crippen MR) is 131 cm³/mol. The normalized spacial score (nSPS) is 15.4. The van der Waals surface area contributed by atoms with Crippen LogP contribution in [0.1, 0.15) is 12.0 Å². The third-order valence-corrected chi connectivity index (χ3v) is 6.17. The molecule has 0 aromatic heterocycles. The molecule has 1 aliphatic rings. The molecule has 4 rings (SSSR count). The molecule has 0 radical (unpaired) electrons. The Morgan fingerprint density at radius 3 is 2.53 bits per heavy atom. The Balaban J connectivity index is 1.40. The summed E-state index contributed by atoms with van der Waals surface area (Å²) in [5.74, 6) is -1.24. The van der Waals surface area contributed by atoms with E-state index in [0.717, 1.165) is 0 Å². The molecule has 0 bridgehead atoms. The molecular formula is C24H19Cl3FN3O3. The molecular weight excluding hydrogens is 504 g/mol. The highest BCUT2D eigenvalue weighted by molar-refractivity contribution is 6.31. The van der Waals surface area contributed by atoms with Crippen LogP contribution >= 0.6 is 34.8 Å². The monoisotopic (exact) mass is 521 g/mol. The number of halogens is 4. The van der Waals surface area contributed by atoms with Crippen LogP contribution in [0.15, 0.2) is 60.7 Å². The van der Waals surface area contributed by atoms with Crippen LogP contribution in [0.5, 0.6) is 5.75 Å². The van der Waals surface area contributed by atoms with Gasteiger partial charge < -0.3 is 9.64 Å². The molecule has 1 heterocycles. The van der Waals surface area contributed by atoms with Gasteiger partial charge in [0.25, 0.3) is 0 Å². The number of benzene rings is 3. The van der Waals surface area contributed by atoms with Crippen molar-refractivity contribution in [2.75, 3.05) is 16.9 Å². The Bertz CT molecular complexity index is 1200. The van der Waals surface area contributed by atoms with Crippen LogP contribution in [-0.2, 0) is 16.2 Å². The minimum absolute atomic E-state index is 0.0703. The van der Waals surface area contributed by atoms with Crippen LogP contribution < -0.4 is 20.5 Å². The number of carbonyl (C=O) groups excluding carboxylic acids is 2. The highest BCUT2D eigenvalue weighted by Crippen LogP contribution is 2.30. The maximum Gasteiger partial charge on any atom is 0.243 e. The number of anilines is 2. The van der Waals surface area contributed by atoms with E-state index >= 15 is 0 Å². The van der Waals surface area contributed by atoms with Crippen molar-refractivity contribution in [3.05, 3.63) is 87.1 Å². The van der Waals surface area contributed by atoms with Gasteiger partial charge >= 0.3 is 0 Å². The van der Waals surface area contributed by atoms with E-state index in [9.17, 15) is 14.0 Å². The molecule has 0 aliphatic carbocycles. The van der Waals surface area contributed by atoms with Crippen LogP contribution in [0, 0.1) is 11.7 Å². The van der Waals surface area contributed by atoms with Crippen LogP contribution in [0.25, 0.3) is 0 Å². The molecule has 34 heavy (non-hydrogen) atoms. The molecule has 3 aromatic rings. The fourth-order valence-electron chi connectivity index (χ4n) is 3.53. The molecule has 6 nitrogen and oxygen atoms in total. The lowest BCUT2D eigenvalue weighted by molar-refractivity contribution is -0.125. The third-order valence-electron chi connectivity index (χ3n) is 5.33. The minimum atomic E-state index is -0.559. The first-order valence-corrected chi connectivity index (χ1v) is 11.4. The van der Waals surface area contributed by atoms with Crippen LogP contribution in [0.3, 0.4) is 0 Å². The predicted octanol–water partition coefficient (Wildman–Crippen LogP) is 5.86. The fourth-order valence-corrected chi connectivity index (χ4v) is 4.05. The molecule has 1 saturated heterocycles. The van der Waals surface area contributed by atoms with Gasteiger partial charge in [-0.3, -0.25) is 20.4 Å². The van der Waals surface area contributed by atoms with Gasteiger partial charge in [-0.05, 0) is 54.6 Å². The SMILES string of the molecule is O=C(NNc1cc(Cl)ccc1OCc1c(F)cccc1Cl)[C@@H]1CC(=O)N(c2ccc(Cl)cc2)C1. The Morgan fingerprint density at radius 2 is 1.79 bits per heavy atom. The molecule has 1 fully saturated rings. The Kier molecular flexibility index (Phi) is 7.46. The van der Waals surface area contributed by atoms with Gasteiger partial charge in [-0.25, -0.2) is 4.39 Å². The zero-order chi connectivity index (χ0) is 24.2. The van der Waals surface area contributed by atoms with E-state index in [1.165, 1.54) is 12.1 Å². The number of hydrogen-bond acceptors (Lipinski definition) is 4. The van der Waals surface area contributed by atoms with Crippen molar-refractivity contribution in [3.63, 3.8) is 0 Å². The van der Waals surface area contributed by atoms with Crippen molar-refractivity contribution in [1.82, 2.24) is 5.43 Å². The van der Waals surface area contributed by atoms with Gasteiger partial charge in [0.05, 0.1) is 16.6 Å². The van der Waals surface area contributed by atoms with Gasteiger partial charge in [-0.1, -0.05) is 40.9 Å². The molecule has 0 spiro atoms. The van der Waals surface area contributed by atoms with Gasteiger partial charge in [0, 0.05) is 34.3 Å². The Hall–Kier alpha value is -3.00. The summed E-state index contributed by atoms with van der Waals surface area (Å²) in [6.07, 6.45) is 0.0703. The number of hydrazine groups is 1. The summed E-state index contributed by atoms with van der Waals surface area (Å²) >= 11 is 18.1. The maximum atomic E-state index is 14.1. The summed E-state index contributed by atoms with van der Waals surface area (Å²) < 4.78 is 19.8. The van der Waals surface area contributed by atoms with Crippen molar-refractivity contribution in [3.8, 4) is 5.75 Å². The molecule has 0 saturated carbocycles. The molecule has 10 heteroatoms. The highest BCUT2D eigenvalue weighted by atomic mass is 35.5. The fraction of sp³-hybridized carbons (Fsp3) is 0.167. The molecule has 2 amide bonds. The van der Waals surface area contributed by atoms with E-state index in [4.69, 9.17) is 39.5 Å². The van der Waals surface area contributed by atoms with Crippen molar-refractivity contribution in [1.29, 1.82) is 0 Å². The average Bonchev–Trinajstić information content (AvgIpc) is 3.20. The lowest BCUT2D eigenvalue weighted by Gasteiger charge is -2.18. The molecule has 1 aliphatic heterocycles. The van der Waals surface area contributed by atoms with E-state index in [1.54, 1.807) is 53.4 Å². The van der Waals surface area contributed by atoms with Gasteiger partial charge in [-0.15, -0.1) is 0 Å². The lowest BCUT2D eigenvalue weighted by atomic mass is 10.1. The number of amides is 2. The van der Waals surface area contributed by atoms with E-state index in [-0.39, 0.29) is 42.0 Å². The summed E-state index contributed by atoms with van der Waals surface area (Å²) in [6.45, 7) is 0.113. The molecule has 2 N–H and O–H groups in total. The molecule has 176 valence electrons. The largest absolute Gasteiger partial charge is 0.487 e. The van der Waals surface area contributed by atoms with Crippen LogP contribution in [0.4, 0.5) is 15.8 Å². The zero-order valence-electron chi connectivity index (χ0n) is 17.7. The number of rotatable bonds is 7. The van der Waals surface area contributed by atoms with Gasteiger partial charge in [0.1, 0.15) is 18.2 Å². The van der Waals surface area contributed by atoms with Crippen molar-refractivity contribution in [2.45, 2.75) is 13.0 Å². The Morgan fingerprint density at radius 1 is 1.06 bits per heavy atom. The zero-order valence-corrected chi connectivity index (χ0v) is 19.9. The first kappa shape index (κ1) is 24.1. The second-order valence-corrected chi connectivity index (χ2v) is 8.91. The maximum absolute atomic E-state index is 14.1. The Labute approximate surface area is 210 Å². The lowest BCUT2D eigenvalue weighted by Crippen LogP contribution is -2.36. The van der Waals surface area contributed by atoms with Crippen LogP contribution in [0.2, 0.25) is 15.1 Å². The summed E-state index contributed by atoms with van der Waals surface area (Å²) in [4.78, 5) is 26.7. The van der Waals surface area contributed by atoms with E-state index in [0.29, 0.717) is 27.2 Å².